The molecule has 0 aliphatic carbocycles. The van der Waals surface area contributed by atoms with Gasteiger partial charge in [0.25, 0.3) is 5.91 Å². The largest absolute Gasteiger partial charge is 0.507 e. The van der Waals surface area contributed by atoms with Crippen molar-refractivity contribution in [2.24, 2.45) is 0 Å². The topological polar surface area (TPSA) is 97.6 Å². The van der Waals surface area contributed by atoms with Crippen molar-refractivity contribution in [2.45, 2.75) is 58.9 Å². The highest BCUT2D eigenvalue weighted by Gasteiger charge is 2.31. The molecule has 0 atom stereocenters. The first kappa shape index (κ1) is 24.4. The van der Waals surface area contributed by atoms with Gasteiger partial charge in [-0.15, -0.1) is 0 Å². The Morgan fingerprint density at radius 2 is 1.61 bits per heavy atom. The molecule has 7 heteroatoms. The fourth-order valence-electron chi connectivity index (χ4n) is 3.94. The third-order valence-electron chi connectivity index (χ3n) is 5.89. The Kier molecular flexibility index (Phi) is 6.13. The van der Waals surface area contributed by atoms with Crippen molar-refractivity contribution >= 4 is 17.5 Å². The van der Waals surface area contributed by atoms with E-state index < -0.39 is 0 Å². The van der Waals surface area contributed by atoms with Crippen LogP contribution < -0.4 is 0 Å². The predicted octanol–water partition coefficient (Wildman–Crippen LogP) is 4.11. The Morgan fingerprint density at radius 1 is 1.06 bits per heavy atom. The molecule has 1 aromatic heterocycles. The van der Waals surface area contributed by atoms with Gasteiger partial charge in [-0.25, -0.2) is 4.98 Å². The van der Waals surface area contributed by atoms with Crippen molar-refractivity contribution in [3.8, 4) is 5.75 Å². The quantitative estimate of drug-likeness (QED) is 0.683. The number of amides is 1. The lowest BCUT2D eigenvalue weighted by Crippen LogP contribution is -2.31. The molecule has 2 heterocycles. The summed E-state index contributed by atoms with van der Waals surface area (Å²) in [6, 6.07) is 7.00. The monoisotopic (exact) mass is 450 g/mol. The zero-order chi connectivity index (χ0) is 24.9. The number of nitrogens with one attached hydrogen (secondary N) is 1. The first-order valence-corrected chi connectivity index (χ1v) is 11.1. The van der Waals surface area contributed by atoms with Gasteiger partial charge in [0.15, 0.2) is 5.78 Å². The lowest BCUT2D eigenvalue weighted by Gasteiger charge is -2.28. The first-order chi connectivity index (χ1) is 15.1. The summed E-state index contributed by atoms with van der Waals surface area (Å²) in [6.45, 7) is 12.5. The molecule has 3 rings (SSSR count). The molecule has 1 aliphatic rings. The maximum atomic E-state index is 13.3. The third-order valence-corrected chi connectivity index (χ3v) is 5.89. The van der Waals surface area contributed by atoms with Crippen LogP contribution in [0.4, 0.5) is 0 Å². The standard InChI is InChI=1S/C26H34N4O3/c1-25(2,3)17-11-16(12-18(22(17)32)26(4,5)6)20(31)14-30-13-15-9-10-19(24(33)29(7)8)28-21(15)23(30)27/h9-12,27,32H,13-14H2,1-8H3. The molecule has 2 N–H and O–H groups in total. The normalized spacial score (nSPS) is 13.8. The van der Waals surface area contributed by atoms with Crippen LogP contribution >= 0.6 is 0 Å². The number of aromatic hydroxyl groups is 1. The Balaban J connectivity index is 1.91. The van der Waals surface area contributed by atoms with Crippen LogP contribution in [0, 0.1) is 5.41 Å². The molecule has 0 bridgehead atoms. The average molecular weight is 451 g/mol. The number of phenols is 1. The third kappa shape index (κ3) is 4.77. The highest BCUT2D eigenvalue weighted by Crippen LogP contribution is 2.40. The number of phenolic OH excluding ortho intramolecular Hbond substituents is 1. The Bertz CT molecular complexity index is 1100. The summed E-state index contributed by atoms with van der Waals surface area (Å²) in [5.74, 6) is 0.00886. The minimum Gasteiger partial charge on any atom is -0.507 e. The number of rotatable bonds is 4. The molecule has 1 aliphatic heterocycles. The van der Waals surface area contributed by atoms with Crippen molar-refractivity contribution in [3.63, 3.8) is 0 Å². The van der Waals surface area contributed by atoms with Gasteiger partial charge >= 0.3 is 0 Å². The highest BCUT2D eigenvalue weighted by atomic mass is 16.3. The van der Waals surface area contributed by atoms with E-state index in [-0.39, 0.29) is 46.3 Å². The number of Topliss-reactive ketones (excluding diaryl/α,β-unsaturated/α-hetero) is 1. The molecule has 176 valence electrons. The van der Waals surface area contributed by atoms with E-state index >= 15 is 0 Å². The molecule has 0 unspecified atom stereocenters. The maximum absolute atomic E-state index is 13.3. The zero-order valence-corrected chi connectivity index (χ0v) is 20.8. The van der Waals surface area contributed by atoms with Gasteiger partial charge in [0.05, 0.1) is 6.54 Å². The SMILES string of the molecule is CN(C)C(=O)c1ccc2c(n1)C(=N)N(CC(=O)c1cc(C(C)(C)C)c(O)c(C(C)(C)C)c1)C2. The van der Waals surface area contributed by atoms with Crippen LogP contribution in [0.3, 0.4) is 0 Å². The summed E-state index contributed by atoms with van der Waals surface area (Å²) < 4.78 is 0. The molecule has 0 spiro atoms. The van der Waals surface area contributed by atoms with Crippen LogP contribution in [0.5, 0.6) is 5.75 Å². The van der Waals surface area contributed by atoms with Crippen molar-refractivity contribution in [1.82, 2.24) is 14.8 Å². The molecule has 2 aromatic rings. The summed E-state index contributed by atoms with van der Waals surface area (Å²) in [5, 5.41) is 19.5. The number of amidine groups is 1. The van der Waals surface area contributed by atoms with Gasteiger partial charge in [-0.05, 0) is 29.0 Å². The Hall–Kier alpha value is -3.22. The number of benzene rings is 1. The van der Waals surface area contributed by atoms with Crippen molar-refractivity contribution in [2.75, 3.05) is 20.6 Å². The molecule has 0 saturated heterocycles. The van der Waals surface area contributed by atoms with Crippen LogP contribution in [0.15, 0.2) is 24.3 Å². The summed E-state index contributed by atoms with van der Waals surface area (Å²) in [5.41, 5.74) is 2.83. The first-order valence-electron chi connectivity index (χ1n) is 11.1. The van der Waals surface area contributed by atoms with Gasteiger partial charge in [0, 0.05) is 42.9 Å². The van der Waals surface area contributed by atoms with Gasteiger partial charge in [-0.2, -0.15) is 0 Å². The molecule has 0 saturated carbocycles. The van der Waals surface area contributed by atoms with E-state index in [1.807, 2.05) is 41.5 Å². The molecule has 1 aromatic carbocycles. The molecule has 1 amide bonds. The predicted molar refractivity (Wildman–Crippen MR) is 129 cm³/mol. The van der Waals surface area contributed by atoms with Gasteiger partial charge in [0.1, 0.15) is 23.0 Å². The van der Waals surface area contributed by atoms with Gasteiger partial charge in [-0.1, -0.05) is 47.6 Å². The van der Waals surface area contributed by atoms with Gasteiger partial charge in [0.2, 0.25) is 0 Å². The second-order valence-corrected chi connectivity index (χ2v) is 11.0. The Morgan fingerprint density at radius 3 is 2.09 bits per heavy atom. The number of pyridine rings is 1. The van der Waals surface area contributed by atoms with Crippen LogP contribution in [-0.4, -0.2) is 58.1 Å². The number of fused-ring (bicyclic) bond motifs is 1. The van der Waals surface area contributed by atoms with Crippen LogP contribution in [0.25, 0.3) is 0 Å². The smallest absolute Gasteiger partial charge is 0.271 e. The zero-order valence-electron chi connectivity index (χ0n) is 20.8. The van der Waals surface area contributed by atoms with E-state index in [1.165, 1.54) is 4.90 Å². The van der Waals surface area contributed by atoms with Crippen LogP contribution in [-0.2, 0) is 17.4 Å². The van der Waals surface area contributed by atoms with E-state index in [1.54, 1.807) is 43.3 Å². The minimum absolute atomic E-state index is 0.0180. The molecule has 0 fully saturated rings. The summed E-state index contributed by atoms with van der Waals surface area (Å²) >= 11 is 0. The number of aromatic nitrogens is 1. The fourth-order valence-corrected chi connectivity index (χ4v) is 3.94. The van der Waals surface area contributed by atoms with Gasteiger partial charge in [-0.3, -0.25) is 15.0 Å². The van der Waals surface area contributed by atoms with E-state index in [4.69, 9.17) is 5.41 Å². The summed E-state index contributed by atoms with van der Waals surface area (Å²) in [7, 11) is 3.31. The molecule has 7 nitrogen and oxygen atoms in total. The fraction of sp³-hybridized carbons (Fsp3) is 0.462. The van der Waals surface area contributed by atoms with Gasteiger partial charge < -0.3 is 14.9 Å². The van der Waals surface area contributed by atoms with Crippen molar-refractivity contribution in [1.29, 1.82) is 5.41 Å². The highest BCUT2D eigenvalue weighted by molar-refractivity contribution is 6.05. The van der Waals surface area contributed by atoms with Crippen LogP contribution in [0.2, 0.25) is 0 Å². The number of hydrogen-bond donors (Lipinski definition) is 2. The average Bonchev–Trinajstić information content (AvgIpc) is 3.00. The number of carbonyl (C=O) groups excluding carboxylic acids is 2. The van der Waals surface area contributed by atoms with E-state index in [0.29, 0.717) is 17.8 Å². The minimum atomic E-state index is -0.337. The van der Waals surface area contributed by atoms with E-state index in [9.17, 15) is 14.7 Å². The molecule has 33 heavy (non-hydrogen) atoms. The molecular weight excluding hydrogens is 416 g/mol. The Labute approximate surface area is 195 Å². The second kappa shape index (κ2) is 8.28. The van der Waals surface area contributed by atoms with Crippen molar-refractivity contribution in [3.05, 3.63) is 57.9 Å². The summed E-state index contributed by atoms with van der Waals surface area (Å²) in [6.07, 6.45) is 0. The number of hydrogen-bond acceptors (Lipinski definition) is 5. The molecule has 0 radical (unpaired) electrons. The maximum Gasteiger partial charge on any atom is 0.271 e. The summed E-state index contributed by atoms with van der Waals surface area (Å²) in [4.78, 5) is 33.1. The lowest BCUT2D eigenvalue weighted by molar-refractivity contribution is 0.0821. The van der Waals surface area contributed by atoms with E-state index in [2.05, 4.69) is 4.98 Å². The number of nitrogens with zero attached hydrogens (tertiary/aromatic N) is 3. The number of ketones is 1. The lowest BCUT2D eigenvalue weighted by atomic mass is 9.78. The van der Waals surface area contributed by atoms with E-state index in [0.717, 1.165) is 16.7 Å². The molecular formula is C26H34N4O3. The van der Waals surface area contributed by atoms with Crippen molar-refractivity contribution < 1.29 is 14.7 Å². The number of carbonyl (C=O) groups is 2. The van der Waals surface area contributed by atoms with Crippen LogP contribution in [0.1, 0.15) is 84.8 Å². The second-order valence-electron chi connectivity index (χ2n) is 11.0.